The quantitative estimate of drug-likeness (QED) is 0.534. The van der Waals surface area contributed by atoms with E-state index in [9.17, 15) is 30.8 Å². The van der Waals surface area contributed by atoms with Gasteiger partial charge in [0, 0.05) is 17.1 Å². The standard InChI is InChI=1S/C21H19ClF4N2O4S/c22-16-6-5-15(7-17(16)23)32-8-18(29)27-19-10-20(11-19,12-19)28-33(30,31)9-13-1-3-14(4-2-13)21(24,25)26/h1-7,28H,8-12H2,(H,27,29). The van der Waals surface area contributed by atoms with Gasteiger partial charge in [0.15, 0.2) is 6.61 Å². The molecule has 1 amide bonds. The van der Waals surface area contributed by atoms with E-state index < -0.39 is 50.3 Å². The maximum Gasteiger partial charge on any atom is 0.416 e. The summed E-state index contributed by atoms with van der Waals surface area (Å²) in [5, 5.41) is 2.75. The number of hydrogen-bond acceptors (Lipinski definition) is 4. The van der Waals surface area contributed by atoms with Gasteiger partial charge in [-0.2, -0.15) is 13.2 Å². The molecule has 0 unspecified atom stereocenters. The zero-order valence-corrected chi connectivity index (χ0v) is 18.6. The van der Waals surface area contributed by atoms with E-state index in [-0.39, 0.29) is 22.9 Å². The van der Waals surface area contributed by atoms with E-state index in [0.29, 0.717) is 19.3 Å². The topological polar surface area (TPSA) is 84.5 Å². The first-order valence-corrected chi connectivity index (χ1v) is 11.9. The van der Waals surface area contributed by atoms with Crippen molar-refractivity contribution in [3.05, 3.63) is 64.4 Å². The molecule has 2 bridgehead atoms. The van der Waals surface area contributed by atoms with Gasteiger partial charge in [-0.1, -0.05) is 23.7 Å². The summed E-state index contributed by atoms with van der Waals surface area (Å²) in [6.07, 6.45) is -3.30. The predicted octanol–water partition coefficient (Wildman–Crippen LogP) is 3.79. The fourth-order valence-electron chi connectivity index (χ4n) is 4.45. The molecular formula is C21H19ClF4N2O4S. The smallest absolute Gasteiger partial charge is 0.416 e. The Morgan fingerprint density at radius 2 is 1.70 bits per heavy atom. The van der Waals surface area contributed by atoms with Crippen LogP contribution in [0.1, 0.15) is 30.4 Å². The van der Waals surface area contributed by atoms with E-state index in [2.05, 4.69) is 10.0 Å². The molecule has 3 aliphatic rings. The lowest BCUT2D eigenvalue weighted by Crippen LogP contribution is -2.83. The number of halogens is 5. The van der Waals surface area contributed by atoms with E-state index in [4.69, 9.17) is 16.3 Å². The summed E-state index contributed by atoms with van der Waals surface area (Å²) in [5.41, 5.74) is -1.81. The SMILES string of the molecule is O=C(COc1ccc(Cl)c(F)c1)NC12CC(NS(=O)(=O)Cc3ccc(C(F)(F)F)cc3)(C1)C2. The van der Waals surface area contributed by atoms with Crippen molar-refractivity contribution in [3.63, 3.8) is 0 Å². The molecule has 0 aromatic heterocycles. The van der Waals surface area contributed by atoms with Crippen LogP contribution in [0, 0.1) is 5.82 Å². The molecule has 0 saturated heterocycles. The number of hydrogen-bond donors (Lipinski definition) is 2. The van der Waals surface area contributed by atoms with E-state index in [1.807, 2.05) is 0 Å². The van der Waals surface area contributed by atoms with Gasteiger partial charge in [-0.15, -0.1) is 0 Å². The normalized spacial score (nSPS) is 23.9. The lowest BCUT2D eigenvalue weighted by Gasteiger charge is -2.70. The first-order chi connectivity index (χ1) is 15.3. The number of nitrogens with one attached hydrogen (secondary N) is 2. The largest absolute Gasteiger partial charge is 0.484 e. The van der Waals surface area contributed by atoms with Gasteiger partial charge in [0.2, 0.25) is 10.0 Å². The fraction of sp³-hybridized carbons (Fsp3) is 0.381. The van der Waals surface area contributed by atoms with Gasteiger partial charge >= 0.3 is 6.18 Å². The number of rotatable bonds is 8. The third kappa shape index (κ3) is 5.25. The summed E-state index contributed by atoms with van der Waals surface area (Å²) < 4.78 is 84.1. The molecule has 3 saturated carbocycles. The van der Waals surface area contributed by atoms with Crippen molar-refractivity contribution in [1.82, 2.24) is 10.0 Å². The van der Waals surface area contributed by atoms with Gasteiger partial charge in [0.1, 0.15) is 11.6 Å². The molecule has 0 spiro atoms. The Morgan fingerprint density at radius 1 is 1.06 bits per heavy atom. The van der Waals surface area contributed by atoms with Crippen LogP contribution in [0.25, 0.3) is 0 Å². The van der Waals surface area contributed by atoms with Crippen molar-refractivity contribution >= 4 is 27.5 Å². The van der Waals surface area contributed by atoms with Gasteiger partial charge in [-0.25, -0.2) is 17.5 Å². The van der Waals surface area contributed by atoms with Crippen molar-refractivity contribution in [2.45, 2.75) is 42.3 Å². The van der Waals surface area contributed by atoms with Crippen LogP contribution >= 0.6 is 11.6 Å². The molecule has 12 heteroatoms. The Bertz CT molecular complexity index is 1170. The number of sulfonamides is 1. The summed E-state index contributed by atoms with van der Waals surface area (Å²) in [5.74, 6) is -1.39. The number of carbonyl (C=O) groups excluding carboxylic acids is 1. The Hall–Kier alpha value is -2.37. The van der Waals surface area contributed by atoms with Crippen LogP contribution in [0.2, 0.25) is 5.02 Å². The molecule has 3 fully saturated rings. The minimum absolute atomic E-state index is 0.0632. The van der Waals surface area contributed by atoms with Crippen LogP contribution in [-0.4, -0.2) is 32.0 Å². The monoisotopic (exact) mass is 506 g/mol. The summed E-state index contributed by atoms with van der Waals surface area (Å²) in [4.78, 5) is 12.2. The Kier molecular flexibility index (Phi) is 5.86. The number of carbonyl (C=O) groups is 1. The minimum Gasteiger partial charge on any atom is -0.484 e. The van der Waals surface area contributed by atoms with Crippen LogP contribution in [0.15, 0.2) is 42.5 Å². The van der Waals surface area contributed by atoms with Crippen LogP contribution in [0.3, 0.4) is 0 Å². The van der Waals surface area contributed by atoms with Gasteiger partial charge in [0.05, 0.1) is 16.3 Å². The molecular weight excluding hydrogens is 488 g/mol. The Balaban J connectivity index is 1.24. The summed E-state index contributed by atoms with van der Waals surface area (Å²) >= 11 is 5.59. The molecule has 2 aromatic rings. The maximum atomic E-state index is 13.4. The predicted molar refractivity (Wildman–Crippen MR) is 112 cm³/mol. The van der Waals surface area contributed by atoms with Gasteiger partial charge in [0.25, 0.3) is 5.91 Å². The number of alkyl halides is 3. The van der Waals surface area contributed by atoms with Crippen molar-refractivity contribution in [2.75, 3.05) is 6.61 Å². The zero-order chi connectivity index (χ0) is 24.1. The van der Waals surface area contributed by atoms with Crippen molar-refractivity contribution < 1.29 is 35.5 Å². The molecule has 0 aliphatic heterocycles. The lowest BCUT2D eigenvalue weighted by molar-refractivity contribution is -0.140. The minimum atomic E-state index is -4.49. The third-order valence-corrected chi connectivity index (χ3v) is 7.47. The fourth-order valence-corrected chi connectivity index (χ4v) is 6.15. The highest BCUT2D eigenvalue weighted by Crippen LogP contribution is 2.60. The van der Waals surface area contributed by atoms with Crippen molar-refractivity contribution in [2.24, 2.45) is 0 Å². The first kappa shape index (κ1) is 23.8. The molecule has 2 N–H and O–H groups in total. The van der Waals surface area contributed by atoms with Crippen molar-refractivity contribution in [1.29, 1.82) is 0 Å². The average Bonchev–Trinajstić information content (AvgIpc) is 2.65. The molecule has 0 heterocycles. The molecule has 2 aromatic carbocycles. The highest BCUT2D eigenvalue weighted by molar-refractivity contribution is 7.88. The van der Waals surface area contributed by atoms with E-state index in [1.54, 1.807) is 0 Å². The third-order valence-electron chi connectivity index (χ3n) is 5.71. The molecule has 0 atom stereocenters. The zero-order valence-electron chi connectivity index (χ0n) is 17.0. The second-order valence-electron chi connectivity index (χ2n) is 8.56. The molecule has 33 heavy (non-hydrogen) atoms. The van der Waals surface area contributed by atoms with Crippen LogP contribution in [0.4, 0.5) is 17.6 Å². The molecule has 3 aliphatic carbocycles. The van der Waals surface area contributed by atoms with Crippen LogP contribution in [0.5, 0.6) is 5.75 Å². The summed E-state index contributed by atoms with van der Waals surface area (Å²) in [7, 11) is -3.79. The second kappa shape index (κ2) is 8.14. The number of ether oxygens (including phenoxy) is 1. The van der Waals surface area contributed by atoms with Crippen LogP contribution in [-0.2, 0) is 26.7 Å². The van der Waals surface area contributed by atoms with E-state index in [0.717, 1.165) is 30.3 Å². The molecule has 6 nitrogen and oxygen atoms in total. The first-order valence-electron chi connectivity index (χ1n) is 9.86. The van der Waals surface area contributed by atoms with Crippen molar-refractivity contribution in [3.8, 4) is 5.75 Å². The maximum absolute atomic E-state index is 13.4. The lowest BCUT2D eigenvalue weighted by atomic mass is 9.44. The average molecular weight is 507 g/mol. The number of benzene rings is 2. The van der Waals surface area contributed by atoms with E-state index in [1.165, 1.54) is 12.1 Å². The van der Waals surface area contributed by atoms with Crippen LogP contribution < -0.4 is 14.8 Å². The number of amides is 1. The highest BCUT2D eigenvalue weighted by Gasteiger charge is 2.69. The molecule has 178 valence electrons. The molecule has 5 rings (SSSR count). The van der Waals surface area contributed by atoms with E-state index >= 15 is 0 Å². The molecule has 0 radical (unpaired) electrons. The summed E-state index contributed by atoms with van der Waals surface area (Å²) in [6.45, 7) is -0.338. The van der Waals surface area contributed by atoms with Gasteiger partial charge in [-0.05, 0) is 49.1 Å². The highest BCUT2D eigenvalue weighted by atomic mass is 35.5. The van der Waals surface area contributed by atoms with Gasteiger partial charge in [-0.3, -0.25) is 4.79 Å². The summed E-state index contributed by atoms with van der Waals surface area (Å²) in [6, 6.07) is 7.77. The Labute approximate surface area is 192 Å². The second-order valence-corrected chi connectivity index (χ2v) is 10.7. The van der Waals surface area contributed by atoms with Gasteiger partial charge < -0.3 is 10.1 Å². The Morgan fingerprint density at radius 3 is 2.27 bits per heavy atom.